The first kappa shape index (κ1) is 22.1. The molecule has 0 saturated carbocycles. The van der Waals surface area contributed by atoms with E-state index in [9.17, 15) is 8.42 Å². The lowest BCUT2D eigenvalue weighted by Crippen LogP contribution is -2.33. The first-order valence-electron chi connectivity index (χ1n) is 8.73. The SMILES string of the molecule is CCNC(=NCCS(=O)(=O)C(C)(C)C)Nc1ccc(OC)c(OCC)c1. The van der Waals surface area contributed by atoms with Gasteiger partial charge in [-0.3, -0.25) is 4.99 Å². The molecule has 0 fully saturated rings. The van der Waals surface area contributed by atoms with E-state index < -0.39 is 14.6 Å². The molecule has 0 saturated heterocycles. The standard InChI is InChI=1S/C18H31N3O4S/c1-7-19-17(20-11-12-26(22,23)18(3,4)5)21-14-9-10-15(24-6)16(13-14)25-8-2/h9-10,13H,7-8,11-12H2,1-6H3,(H2,19,20,21). The predicted octanol–water partition coefficient (Wildman–Crippen LogP) is 2.68. The van der Waals surface area contributed by atoms with Crippen LogP contribution in [0, 0.1) is 0 Å². The van der Waals surface area contributed by atoms with Gasteiger partial charge >= 0.3 is 0 Å². The van der Waals surface area contributed by atoms with Gasteiger partial charge in [-0.15, -0.1) is 0 Å². The Morgan fingerprint density at radius 1 is 1.19 bits per heavy atom. The van der Waals surface area contributed by atoms with Gasteiger partial charge in [0.15, 0.2) is 27.3 Å². The molecular weight excluding hydrogens is 354 g/mol. The number of hydrogen-bond acceptors (Lipinski definition) is 5. The van der Waals surface area contributed by atoms with Crippen molar-refractivity contribution in [3.8, 4) is 11.5 Å². The molecule has 0 heterocycles. The highest BCUT2D eigenvalue weighted by Gasteiger charge is 2.28. The lowest BCUT2D eigenvalue weighted by Gasteiger charge is -2.18. The van der Waals surface area contributed by atoms with E-state index in [2.05, 4.69) is 15.6 Å². The highest BCUT2D eigenvalue weighted by Crippen LogP contribution is 2.30. The van der Waals surface area contributed by atoms with Crippen LogP contribution >= 0.6 is 0 Å². The smallest absolute Gasteiger partial charge is 0.195 e. The summed E-state index contributed by atoms with van der Waals surface area (Å²) in [6.45, 7) is 10.3. The summed E-state index contributed by atoms with van der Waals surface area (Å²) in [6, 6.07) is 5.47. The minimum absolute atomic E-state index is 0.000116. The molecule has 7 nitrogen and oxygen atoms in total. The summed E-state index contributed by atoms with van der Waals surface area (Å²) in [5.41, 5.74) is 0.771. The fourth-order valence-corrected chi connectivity index (χ4v) is 2.99. The van der Waals surface area contributed by atoms with E-state index in [0.29, 0.717) is 30.6 Å². The Bertz CT molecular complexity index is 710. The Morgan fingerprint density at radius 2 is 1.88 bits per heavy atom. The van der Waals surface area contributed by atoms with Gasteiger partial charge in [0.05, 0.1) is 30.8 Å². The number of anilines is 1. The molecule has 0 spiro atoms. The third kappa shape index (κ3) is 6.40. The molecule has 0 aromatic heterocycles. The number of guanidine groups is 1. The fourth-order valence-electron chi connectivity index (χ4n) is 2.05. The van der Waals surface area contributed by atoms with E-state index in [1.54, 1.807) is 33.9 Å². The third-order valence-corrected chi connectivity index (χ3v) is 6.22. The van der Waals surface area contributed by atoms with E-state index >= 15 is 0 Å². The molecule has 0 aliphatic rings. The van der Waals surface area contributed by atoms with Crippen molar-refractivity contribution >= 4 is 21.5 Å². The van der Waals surface area contributed by atoms with E-state index in [1.165, 1.54) is 0 Å². The molecular formula is C18H31N3O4S. The summed E-state index contributed by atoms with van der Waals surface area (Å²) >= 11 is 0. The van der Waals surface area contributed by atoms with E-state index in [0.717, 1.165) is 5.69 Å². The van der Waals surface area contributed by atoms with Gasteiger partial charge in [-0.05, 0) is 46.8 Å². The normalized spacial score (nSPS) is 12.6. The molecule has 0 aliphatic heterocycles. The van der Waals surface area contributed by atoms with Crippen LogP contribution in [0.2, 0.25) is 0 Å². The highest BCUT2D eigenvalue weighted by molar-refractivity contribution is 7.92. The monoisotopic (exact) mass is 385 g/mol. The van der Waals surface area contributed by atoms with Crippen molar-refractivity contribution in [1.82, 2.24) is 5.32 Å². The van der Waals surface area contributed by atoms with Crippen molar-refractivity contribution in [3.63, 3.8) is 0 Å². The second-order valence-electron chi connectivity index (χ2n) is 6.62. The van der Waals surface area contributed by atoms with Crippen LogP contribution in [0.25, 0.3) is 0 Å². The van der Waals surface area contributed by atoms with Crippen LogP contribution in [-0.2, 0) is 9.84 Å². The van der Waals surface area contributed by atoms with Crippen LogP contribution in [0.1, 0.15) is 34.6 Å². The van der Waals surface area contributed by atoms with Gasteiger partial charge in [0.2, 0.25) is 0 Å². The number of methoxy groups -OCH3 is 1. The average Bonchev–Trinajstić information content (AvgIpc) is 2.54. The maximum atomic E-state index is 12.2. The van der Waals surface area contributed by atoms with Gasteiger partial charge < -0.3 is 20.1 Å². The van der Waals surface area contributed by atoms with Crippen LogP contribution in [0.15, 0.2) is 23.2 Å². The Kier molecular flexibility index (Phi) is 8.20. The summed E-state index contributed by atoms with van der Waals surface area (Å²) in [5.74, 6) is 1.80. The maximum absolute atomic E-state index is 12.2. The number of rotatable bonds is 8. The molecule has 0 bridgehead atoms. The number of sulfone groups is 1. The summed E-state index contributed by atoms with van der Waals surface area (Å²) in [4.78, 5) is 4.37. The lowest BCUT2D eigenvalue weighted by molar-refractivity contribution is 0.311. The van der Waals surface area contributed by atoms with E-state index in [1.807, 2.05) is 26.0 Å². The Balaban J connectivity index is 2.89. The van der Waals surface area contributed by atoms with Gasteiger partial charge in [-0.25, -0.2) is 8.42 Å². The van der Waals surface area contributed by atoms with Crippen molar-refractivity contribution in [1.29, 1.82) is 0 Å². The first-order valence-corrected chi connectivity index (χ1v) is 10.4. The molecule has 0 amide bonds. The average molecular weight is 386 g/mol. The predicted molar refractivity (Wildman–Crippen MR) is 107 cm³/mol. The van der Waals surface area contributed by atoms with Crippen LogP contribution in [0.4, 0.5) is 5.69 Å². The number of benzene rings is 1. The fraction of sp³-hybridized carbons (Fsp3) is 0.611. The van der Waals surface area contributed by atoms with Gasteiger partial charge in [-0.1, -0.05) is 0 Å². The Morgan fingerprint density at radius 3 is 2.42 bits per heavy atom. The van der Waals surface area contributed by atoms with Crippen LogP contribution in [-0.4, -0.2) is 51.7 Å². The van der Waals surface area contributed by atoms with Gasteiger partial charge in [0.25, 0.3) is 0 Å². The number of ether oxygens (including phenoxy) is 2. The van der Waals surface area contributed by atoms with Crippen LogP contribution < -0.4 is 20.1 Å². The summed E-state index contributed by atoms with van der Waals surface area (Å²) in [6.07, 6.45) is 0. The molecule has 0 atom stereocenters. The number of hydrogen-bond donors (Lipinski definition) is 2. The molecule has 148 valence electrons. The van der Waals surface area contributed by atoms with Crippen molar-refractivity contribution in [2.24, 2.45) is 4.99 Å². The first-order chi connectivity index (χ1) is 12.1. The molecule has 0 radical (unpaired) electrons. The van der Waals surface area contributed by atoms with Gasteiger partial charge in [0, 0.05) is 18.3 Å². The van der Waals surface area contributed by atoms with Crippen molar-refractivity contribution < 1.29 is 17.9 Å². The summed E-state index contributed by atoms with van der Waals surface area (Å²) < 4.78 is 34.5. The van der Waals surface area contributed by atoms with Crippen LogP contribution in [0.3, 0.4) is 0 Å². The molecule has 26 heavy (non-hydrogen) atoms. The van der Waals surface area contributed by atoms with Gasteiger partial charge in [-0.2, -0.15) is 0 Å². The highest BCUT2D eigenvalue weighted by atomic mass is 32.2. The quantitative estimate of drug-likeness (QED) is 0.528. The molecule has 8 heteroatoms. The summed E-state index contributed by atoms with van der Waals surface area (Å²) in [7, 11) is -1.61. The molecule has 1 rings (SSSR count). The van der Waals surface area contributed by atoms with Crippen molar-refractivity contribution in [2.45, 2.75) is 39.4 Å². The lowest BCUT2D eigenvalue weighted by atomic mass is 10.2. The van der Waals surface area contributed by atoms with Crippen molar-refractivity contribution in [3.05, 3.63) is 18.2 Å². The molecule has 1 aromatic rings. The second kappa shape index (κ2) is 9.66. The summed E-state index contributed by atoms with van der Waals surface area (Å²) in [5, 5.41) is 6.27. The zero-order valence-corrected chi connectivity index (χ0v) is 17.4. The third-order valence-electron chi connectivity index (χ3n) is 3.63. The number of nitrogens with one attached hydrogen (secondary N) is 2. The van der Waals surface area contributed by atoms with Crippen molar-refractivity contribution in [2.75, 3.05) is 37.9 Å². The van der Waals surface area contributed by atoms with E-state index in [-0.39, 0.29) is 12.3 Å². The molecule has 2 N–H and O–H groups in total. The molecule has 1 aromatic carbocycles. The minimum Gasteiger partial charge on any atom is -0.493 e. The van der Waals surface area contributed by atoms with Gasteiger partial charge in [0.1, 0.15) is 0 Å². The Hall–Kier alpha value is -1.96. The maximum Gasteiger partial charge on any atom is 0.195 e. The minimum atomic E-state index is -3.20. The molecule has 0 unspecified atom stereocenters. The van der Waals surface area contributed by atoms with E-state index in [4.69, 9.17) is 9.47 Å². The largest absolute Gasteiger partial charge is 0.493 e. The zero-order chi connectivity index (χ0) is 19.8. The number of nitrogens with zero attached hydrogens (tertiary/aromatic N) is 1. The topological polar surface area (TPSA) is 89.0 Å². The zero-order valence-electron chi connectivity index (χ0n) is 16.5. The molecule has 0 aliphatic carbocycles. The Labute approximate surface area is 157 Å². The second-order valence-corrected chi connectivity index (χ2v) is 9.48. The number of aliphatic imine (C=N–C) groups is 1. The van der Waals surface area contributed by atoms with Crippen LogP contribution in [0.5, 0.6) is 11.5 Å².